The summed E-state index contributed by atoms with van der Waals surface area (Å²) >= 11 is 0. The third-order valence-corrected chi connectivity index (χ3v) is 9.82. The summed E-state index contributed by atoms with van der Waals surface area (Å²) in [4.78, 5) is 14.3. The van der Waals surface area contributed by atoms with Crippen LogP contribution in [0, 0.1) is 0 Å². The number of sulfone groups is 1. The fourth-order valence-electron chi connectivity index (χ4n) is 5.33. The molecule has 8 nitrogen and oxygen atoms in total. The fourth-order valence-corrected chi connectivity index (χ4v) is 7.75. The molecule has 1 aliphatic carbocycles. The van der Waals surface area contributed by atoms with Crippen molar-refractivity contribution in [3.8, 4) is 0 Å². The van der Waals surface area contributed by atoms with Gasteiger partial charge < -0.3 is 9.64 Å². The summed E-state index contributed by atoms with van der Waals surface area (Å²) in [5.74, 6) is -0.240. The van der Waals surface area contributed by atoms with E-state index in [1.165, 1.54) is 0 Å². The Morgan fingerprint density at radius 1 is 1.05 bits per heavy atom. The second kappa shape index (κ2) is 11.0. The van der Waals surface area contributed by atoms with Crippen molar-refractivity contribution < 1.29 is 26.4 Å². The highest BCUT2D eigenvalue weighted by Crippen LogP contribution is 2.43. The number of sulfonamides is 1. The molecule has 1 heterocycles. The summed E-state index contributed by atoms with van der Waals surface area (Å²) in [5.41, 5.74) is 2.11. The van der Waals surface area contributed by atoms with Gasteiger partial charge in [0, 0.05) is 25.3 Å². The van der Waals surface area contributed by atoms with Gasteiger partial charge in [0.25, 0.3) is 10.0 Å². The average molecular weight is 575 g/mol. The minimum atomic E-state index is -4.02. The van der Waals surface area contributed by atoms with E-state index < -0.39 is 25.5 Å². The quantitative estimate of drug-likeness (QED) is 0.442. The van der Waals surface area contributed by atoms with E-state index in [0.29, 0.717) is 32.4 Å². The molecule has 2 aromatic rings. The van der Waals surface area contributed by atoms with E-state index in [2.05, 4.69) is 4.72 Å². The summed E-state index contributed by atoms with van der Waals surface area (Å²) in [5, 5.41) is 0. The van der Waals surface area contributed by atoms with E-state index in [4.69, 9.17) is 4.74 Å². The molecule has 1 unspecified atom stereocenters. The molecule has 1 amide bonds. The number of allylic oxidation sites excluding steroid dienone is 1. The first-order valence-corrected chi connectivity index (χ1v) is 16.7. The number of nitrogens with one attached hydrogen (secondary N) is 1. The minimum absolute atomic E-state index is 0.0378. The standard InChI is InChI=1S/C29H38N2O6S2/c1-6-9-24-23-11-8-7-10-22(23)19-26(24)39(35,36)30-25-13-12-21(18-27(25)38(5,33)34)20-14-16-31(17-15-20)28(32)37-29(2,3)4/h7-8,10-13,18-20,24,30H,6,9,14-17H2,1-5H3. The van der Waals surface area contributed by atoms with Crippen LogP contribution in [-0.2, 0) is 24.6 Å². The Bertz CT molecular complexity index is 1480. The molecule has 1 fully saturated rings. The van der Waals surface area contributed by atoms with E-state index in [0.717, 1.165) is 29.4 Å². The Labute approximate surface area is 232 Å². The van der Waals surface area contributed by atoms with E-state index in [9.17, 15) is 21.6 Å². The Morgan fingerprint density at radius 3 is 2.33 bits per heavy atom. The van der Waals surface area contributed by atoms with Crippen molar-refractivity contribution in [2.75, 3.05) is 24.1 Å². The molecule has 1 N–H and O–H groups in total. The Balaban J connectivity index is 1.56. The zero-order valence-electron chi connectivity index (χ0n) is 23.2. The van der Waals surface area contributed by atoms with Gasteiger partial charge in [-0.3, -0.25) is 4.72 Å². The van der Waals surface area contributed by atoms with Gasteiger partial charge in [-0.25, -0.2) is 21.6 Å². The molecule has 10 heteroatoms. The SMILES string of the molecule is CCCC1C(S(=O)(=O)Nc2ccc(C3CCN(C(=O)OC(C)(C)C)CC3)cc2S(C)(=O)=O)=Cc2ccccc21. The number of carbonyl (C=O) groups is 1. The van der Waals surface area contributed by atoms with Crippen molar-refractivity contribution in [2.45, 2.75) is 75.7 Å². The molecule has 4 rings (SSSR count). The van der Waals surface area contributed by atoms with E-state index >= 15 is 0 Å². The number of ether oxygens (including phenoxy) is 1. The van der Waals surface area contributed by atoms with Crippen LogP contribution >= 0.6 is 0 Å². The number of rotatable bonds is 7. The Hall–Kier alpha value is -2.85. The van der Waals surface area contributed by atoms with Crippen molar-refractivity contribution in [3.63, 3.8) is 0 Å². The van der Waals surface area contributed by atoms with Gasteiger partial charge in [0.15, 0.2) is 9.84 Å². The zero-order chi connectivity index (χ0) is 28.6. The molecule has 1 atom stereocenters. The van der Waals surface area contributed by atoms with Crippen LogP contribution in [0.2, 0.25) is 0 Å². The number of anilines is 1. The van der Waals surface area contributed by atoms with Crippen LogP contribution in [0.4, 0.5) is 10.5 Å². The molecule has 0 radical (unpaired) electrons. The highest BCUT2D eigenvalue weighted by Gasteiger charge is 2.34. The Morgan fingerprint density at radius 2 is 1.72 bits per heavy atom. The van der Waals surface area contributed by atoms with Crippen LogP contribution in [0.15, 0.2) is 52.3 Å². The number of benzene rings is 2. The number of hydrogen-bond acceptors (Lipinski definition) is 6. The number of hydrogen-bond donors (Lipinski definition) is 1. The third-order valence-electron chi connectivity index (χ3n) is 7.17. The lowest BCUT2D eigenvalue weighted by Crippen LogP contribution is -2.41. The van der Waals surface area contributed by atoms with Crippen molar-refractivity contribution >= 4 is 37.7 Å². The van der Waals surface area contributed by atoms with E-state index in [1.54, 1.807) is 29.2 Å². The minimum Gasteiger partial charge on any atom is -0.444 e. The number of carbonyl (C=O) groups excluding carboxylic acids is 1. The van der Waals surface area contributed by atoms with Crippen molar-refractivity contribution in [1.29, 1.82) is 0 Å². The van der Waals surface area contributed by atoms with Crippen LogP contribution < -0.4 is 4.72 Å². The lowest BCUT2D eigenvalue weighted by molar-refractivity contribution is 0.0205. The maximum absolute atomic E-state index is 13.6. The lowest BCUT2D eigenvalue weighted by atomic mass is 9.89. The fraction of sp³-hybridized carbons (Fsp3) is 0.483. The number of likely N-dealkylation sites (tertiary alicyclic amines) is 1. The van der Waals surface area contributed by atoms with Crippen molar-refractivity contribution in [2.24, 2.45) is 0 Å². The third kappa shape index (κ3) is 6.66. The molecule has 0 saturated carbocycles. The van der Waals surface area contributed by atoms with Gasteiger partial charge in [0.05, 0.1) is 15.5 Å². The summed E-state index contributed by atoms with van der Waals surface area (Å²) in [7, 11) is -7.76. The summed E-state index contributed by atoms with van der Waals surface area (Å²) in [6.45, 7) is 8.48. The molecule has 1 aliphatic heterocycles. The van der Waals surface area contributed by atoms with Crippen LogP contribution in [0.25, 0.3) is 6.08 Å². The maximum Gasteiger partial charge on any atom is 0.410 e. The molecule has 0 spiro atoms. The normalized spacial score (nSPS) is 18.4. The molecular formula is C29H38N2O6S2. The number of amides is 1. The maximum atomic E-state index is 13.6. The number of nitrogens with zero attached hydrogens (tertiary/aromatic N) is 1. The van der Waals surface area contributed by atoms with E-state index in [1.807, 2.05) is 52.0 Å². The monoisotopic (exact) mass is 574 g/mol. The second-order valence-corrected chi connectivity index (χ2v) is 15.1. The van der Waals surface area contributed by atoms with Gasteiger partial charge in [-0.05, 0) is 80.9 Å². The molecule has 0 bridgehead atoms. The summed E-state index contributed by atoms with van der Waals surface area (Å²) in [6.07, 6.45) is 5.19. The largest absolute Gasteiger partial charge is 0.444 e. The molecule has 1 saturated heterocycles. The Kier molecular flexibility index (Phi) is 8.19. The van der Waals surface area contributed by atoms with Crippen LogP contribution in [0.3, 0.4) is 0 Å². The van der Waals surface area contributed by atoms with Crippen molar-refractivity contribution in [1.82, 2.24) is 4.90 Å². The van der Waals surface area contributed by atoms with Crippen LogP contribution in [0.5, 0.6) is 0 Å². The van der Waals surface area contributed by atoms with Gasteiger partial charge in [0.2, 0.25) is 0 Å². The lowest BCUT2D eigenvalue weighted by Gasteiger charge is -2.33. The molecule has 39 heavy (non-hydrogen) atoms. The average Bonchev–Trinajstić information content (AvgIpc) is 3.22. The molecular weight excluding hydrogens is 536 g/mol. The first-order valence-electron chi connectivity index (χ1n) is 13.3. The predicted molar refractivity (Wildman–Crippen MR) is 154 cm³/mol. The highest BCUT2D eigenvalue weighted by atomic mass is 32.2. The van der Waals surface area contributed by atoms with Gasteiger partial charge in [-0.15, -0.1) is 0 Å². The van der Waals surface area contributed by atoms with Gasteiger partial charge in [-0.2, -0.15) is 0 Å². The topological polar surface area (TPSA) is 110 Å². The zero-order valence-corrected chi connectivity index (χ0v) is 24.9. The first-order chi connectivity index (χ1) is 18.2. The summed E-state index contributed by atoms with van der Waals surface area (Å²) in [6, 6.07) is 12.5. The summed E-state index contributed by atoms with van der Waals surface area (Å²) < 4.78 is 60.8. The molecule has 2 aliphatic rings. The van der Waals surface area contributed by atoms with Gasteiger partial charge >= 0.3 is 6.09 Å². The van der Waals surface area contributed by atoms with E-state index in [-0.39, 0.29) is 33.4 Å². The molecule has 0 aromatic heterocycles. The second-order valence-electron chi connectivity index (χ2n) is 11.4. The molecule has 212 valence electrons. The first kappa shape index (κ1) is 29.1. The highest BCUT2D eigenvalue weighted by molar-refractivity contribution is 7.96. The molecule has 2 aromatic carbocycles. The van der Waals surface area contributed by atoms with Crippen molar-refractivity contribution in [3.05, 3.63) is 64.1 Å². The number of fused-ring (bicyclic) bond motifs is 1. The smallest absolute Gasteiger partial charge is 0.410 e. The van der Waals surface area contributed by atoms with Gasteiger partial charge in [-0.1, -0.05) is 43.7 Å². The van der Waals surface area contributed by atoms with Gasteiger partial charge in [0.1, 0.15) is 5.60 Å². The number of piperidine rings is 1. The van der Waals surface area contributed by atoms with Crippen LogP contribution in [0.1, 0.15) is 81.9 Å². The predicted octanol–water partition coefficient (Wildman–Crippen LogP) is 5.88. The van der Waals surface area contributed by atoms with Crippen LogP contribution in [-0.4, -0.2) is 52.8 Å².